The van der Waals surface area contributed by atoms with E-state index in [9.17, 15) is 9.59 Å². The second-order valence-electron chi connectivity index (χ2n) is 16.2. The van der Waals surface area contributed by atoms with Crippen LogP contribution in [0.1, 0.15) is 89.8 Å². The first-order valence-corrected chi connectivity index (χ1v) is 22.2. The molecule has 1 aromatic heterocycles. The van der Waals surface area contributed by atoms with Gasteiger partial charge in [0.1, 0.15) is 22.7 Å². The van der Waals surface area contributed by atoms with E-state index in [2.05, 4.69) is 70.5 Å². The maximum absolute atomic E-state index is 13.5. The van der Waals surface area contributed by atoms with Crippen LogP contribution in [0, 0.1) is 6.92 Å². The van der Waals surface area contributed by atoms with E-state index in [4.69, 9.17) is 23.4 Å². The Morgan fingerprint density at radius 3 is 1.86 bits per heavy atom. The van der Waals surface area contributed by atoms with Crippen LogP contribution in [0.15, 0.2) is 94.6 Å². The first kappa shape index (κ1) is 43.1. The lowest BCUT2D eigenvalue weighted by atomic mass is 9.79. The molecule has 0 aliphatic carbocycles. The Bertz CT molecular complexity index is 1890. The van der Waals surface area contributed by atoms with E-state index in [0.29, 0.717) is 35.3 Å². The lowest BCUT2D eigenvalue weighted by molar-refractivity contribution is -0.229. The lowest BCUT2D eigenvalue weighted by Crippen LogP contribution is -2.62. The molecule has 0 spiro atoms. The van der Waals surface area contributed by atoms with Crippen molar-refractivity contribution in [1.82, 2.24) is 14.5 Å². The standard InChI is InChI=1S/C45H63N3O7Si/c1-11-12-26-47-28-41(48-27-35(8)42(49)46-43(48)50)55-44(29-47,31-54-56(32(2)3,33(4)5)34(6)7)30-53-45(36-16-14-13-15-17-36,37-18-22-39(51-9)23-19-37)38-20-24-40(52-10)25-21-38/h13-25,27,32-34,41H,11-12,26,28-31H2,1-10H3,(H,46,49,50)/t41-,44+/m1/s1. The van der Waals surface area contributed by atoms with Crippen LogP contribution in [0.4, 0.5) is 0 Å². The zero-order chi connectivity index (χ0) is 40.7. The molecule has 1 saturated heterocycles. The number of ether oxygens (including phenoxy) is 4. The number of nitrogens with one attached hydrogen (secondary N) is 1. The monoisotopic (exact) mass is 785 g/mol. The number of rotatable bonds is 18. The molecule has 0 radical (unpaired) electrons. The van der Waals surface area contributed by atoms with E-state index in [1.165, 1.54) is 4.57 Å². The van der Waals surface area contributed by atoms with Crippen molar-refractivity contribution in [1.29, 1.82) is 0 Å². The number of morpholine rings is 1. The molecule has 56 heavy (non-hydrogen) atoms. The highest BCUT2D eigenvalue weighted by Gasteiger charge is 2.51. The van der Waals surface area contributed by atoms with Crippen LogP contribution in [0.3, 0.4) is 0 Å². The van der Waals surface area contributed by atoms with Crippen LogP contribution >= 0.6 is 0 Å². The van der Waals surface area contributed by atoms with Crippen LogP contribution in [0.25, 0.3) is 0 Å². The highest BCUT2D eigenvalue weighted by molar-refractivity contribution is 6.77. The number of aromatic nitrogens is 2. The van der Waals surface area contributed by atoms with Crippen molar-refractivity contribution >= 4 is 8.32 Å². The van der Waals surface area contributed by atoms with E-state index in [1.807, 2.05) is 66.7 Å². The predicted octanol–water partition coefficient (Wildman–Crippen LogP) is 8.43. The van der Waals surface area contributed by atoms with Crippen LogP contribution < -0.4 is 20.7 Å². The van der Waals surface area contributed by atoms with E-state index in [1.54, 1.807) is 27.3 Å². The summed E-state index contributed by atoms with van der Waals surface area (Å²) in [7, 11) is 0.902. The smallest absolute Gasteiger partial charge is 0.330 e. The van der Waals surface area contributed by atoms with E-state index < -0.39 is 37.0 Å². The fourth-order valence-electron chi connectivity index (χ4n) is 8.82. The van der Waals surface area contributed by atoms with Crippen molar-refractivity contribution in [3.8, 4) is 11.5 Å². The Morgan fingerprint density at radius 1 is 0.821 bits per heavy atom. The van der Waals surface area contributed by atoms with E-state index in [-0.39, 0.29) is 13.2 Å². The molecule has 10 nitrogen and oxygen atoms in total. The molecular weight excluding hydrogens is 723 g/mol. The molecule has 304 valence electrons. The largest absolute Gasteiger partial charge is 0.497 e. The molecule has 0 amide bonds. The fourth-order valence-corrected chi connectivity index (χ4v) is 14.3. The summed E-state index contributed by atoms with van der Waals surface area (Å²) in [6.07, 6.45) is 2.88. The van der Waals surface area contributed by atoms with Crippen LogP contribution in [-0.2, 0) is 19.5 Å². The van der Waals surface area contributed by atoms with Gasteiger partial charge in [-0.25, -0.2) is 4.79 Å². The first-order chi connectivity index (χ1) is 26.7. The van der Waals surface area contributed by atoms with Crippen molar-refractivity contribution in [2.24, 2.45) is 0 Å². The van der Waals surface area contributed by atoms with Gasteiger partial charge in [0.2, 0.25) is 0 Å². The van der Waals surface area contributed by atoms with Gasteiger partial charge in [-0.2, -0.15) is 0 Å². The number of hydrogen-bond donors (Lipinski definition) is 1. The minimum absolute atomic E-state index is 0.120. The number of unbranched alkanes of at least 4 members (excludes halogenated alkanes) is 1. The molecule has 1 aliphatic heterocycles. The lowest BCUT2D eigenvalue weighted by Gasteiger charge is -2.50. The second-order valence-corrected chi connectivity index (χ2v) is 21.7. The molecular formula is C45H63N3O7Si. The highest BCUT2D eigenvalue weighted by atomic mass is 28.4. The quantitative estimate of drug-likeness (QED) is 0.0793. The molecule has 0 saturated carbocycles. The summed E-state index contributed by atoms with van der Waals surface area (Å²) in [5, 5.41) is 0. The van der Waals surface area contributed by atoms with Crippen LogP contribution in [0.5, 0.6) is 11.5 Å². The zero-order valence-corrected chi connectivity index (χ0v) is 36.1. The maximum atomic E-state index is 13.5. The number of H-pyrrole nitrogens is 1. The average molecular weight is 786 g/mol. The molecule has 1 fully saturated rings. The number of aryl methyl sites for hydroxylation is 1. The highest BCUT2D eigenvalue weighted by Crippen LogP contribution is 2.46. The summed E-state index contributed by atoms with van der Waals surface area (Å²) in [5.41, 5.74) is 1.14. The number of methoxy groups -OCH3 is 2. The van der Waals surface area contributed by atoms with Gasteiger partial charge in [0.05, 0.1) is 27.4 Å². The van der Waals surface area contributed by atoms with E-state index >= 15 is 0 Å². The minimum Gasteiger partial charge on any atom is -0.497 e. The molecule has 1 N–H and O–H groups in total. The molecule has 2 atom stereocenters. The van der Waals surface area contributed by atoms with Gasteiger partial charge in [-0.05, 0) is 77.5 Å². The Balaban J connectivity index is 1.73. The number of aromatic amines is 1. The molecule has 2 heterocycles. The molecule has 11 heteroatoms. The van der Waals surface area contributed by atoms with Crippen molar-refractivity contribution in [3.05, 3.63) is 128 Å². The molecule has 3 aromatic carbocycles. The Labute approximate surface area is 334 Å². The SMILES string of the molecule is CCCCN1C[C@H](n2cc(C)c(=O)[nH]c2=O)O[C@@](COC(c2ccccc2)(c2ccc(OC)cc2)c2ccc(OC)cc2)(CO[Si](C(C)C)(C(C)C)C(C)C)C1. The van der Waals surface area contributed by atoms with Crippen molar-refractivity contribution < 1.29 is 23.4 Å². The summed E-state index contributed by atoms with van der Waals surface area (Å²) in [6, 6.07) is 26.3. The van der Waals surface area contributed by atoms with Gasteiger partial charge in [-0.3, -0.25) is 19.2 Å². The van der Waals surface area contributed by atoms with Crippen molar-refractivity contribution in [2.45, 2.75) is 102 Å². The van der Waals surface area contributed by atoms with Gasteiger partial charge >= 0.3 is 5.69 Å². The Morgan fingerprint density at radius 2 is 1.36 bits per heavy atom. The first-order valence-electron chi connectivity index (χ1n) is 20.1. The van der Waals surface area contributed by atoms with Gasteiger partial charge in [-0.1, -0.05) is 109 Å². The third-order valence-electron chi connectivity index (χ3n) is 11.6. The molecule has 5 rings (SSSR count). The summed E-state index contributed by atoms with van der Waals surface area (Å²) in [5.74, 6) is 1.47. The Kier molecular flexibility index (Phi) is 14.3. The van der Waals surface area contributed by atoms with Gasteiger partial charge in [-0.15, -0.1) is 0 Å². The topological polar surface area (TPSA) is 104 Å². The summed E-state index contributed by atoms with van der Waals surface area (Å²) in [6.45, 7) is 19.8. The third-order valence-corrected chi connectivity index (χ3v) is 17.7. The second kappa shape index (κ2) is 18.5. The minimum atomic E-state index is -2.42. The van der Waals surface area contributed by atoms with Gasteiger partial charge < -0.3 is 23.4 Å². The number of nitrogens with zero attached hydrogens (tertiary/aromatic N) is 2. The molecule has 0 bridgehead atoms. The van der Waals surface area contributed by atoms with Crippen LogP contribution in [0.2, 0.25) is 16.6 Å². The predicted molar refractivity (Wildman–Crippen MR) is 226 cm³/mol. The van der Waals surface area contributed by atoms with E-state index in [0.717, 1.165) is 47.6 Å². The van der Waals surface area contributed by atoms with Crippen molar-refractivity contribution in [3.63, 3.8) is 0 Å². The zero-order valence-electron chi connectivity index (χ0n) is 35.1. The van der Waals surface area contributed by atoms with Gasteiger partial charge in [0.25, 0.3) is 5.56 Å². The number of benzene rings is 3. The molecule has 4 aromatic rings. The number of hydrogen-bond acceptors (Lipinski definition) is 8. The van der Waals surface area contributed by atoms with Crippen LogP contribution in [-0.4, -0.2) is 75.4 Å². The van der Waals surface area contributed by atoms with Crippen molar-refractivity contribution in [2.75, 3.05) is 47.1 Å². The molecule has 0 unspecified atom stereocenters. The maximum Gasteiger partial charge on any atom is 0.330 e. The normalized spacial score (nSPS) is 18.2. The summed E-state index contributed by atoms with van der Waals surface area (Å²) in [4.78, 5) is 30.9. The molecule has 1 aliphatic rings. The average Bonchev–Trinajstić information content (AvgIpc) is 3.19. The van der Waals surface area contributed by atoms with Gasteiger partial charge in [0, 0.05) is 24.8 Å². The summed E-state index contributed by atoms with van der Waals surface area (Å²) < 4.78 is 35.0. The van der Waals surface area contributed by atoms with Gasteiger partial charge in [0.15, 0.2) is 14.5 Å². The summed E-state index contributed by atoms with van der Waals surface area (Å²) >= 11 is 0. The fraction of sp³-hybridized carbons (Fsp3) is 0.511. The Hall–Kier alpha value is -4.00. The third kappa shape index (κ3) is 8.92.